The molecule has 0 atom stereocenters. The second-order valence-electron chi connectivity index (χ2n) is 4.61. The van der Waals surface area contributed by atoms with Gasteiger partial charge in [0.25, 0.3) is 0 Å². The summed E-state index contributed by atoms with van der Waals surface area (Å²) in [5.74, 6) is -0.774. The lowest BCUT2D eigenvalue weighted by Gasteiger charge is -2.17. The summed E-state index contributed by atoms with van der Waals surface area (Å²) >= 11 is 0. The van der Waals surface area contributed by atoms with Crippen molar-refractivity contribution in [3.8, 4) is 11.7 Å². The quantitative estimate of drug-likeness (QED) is 0.315. The number of hydroxylamine groups is 1. The third-order valence-corrected chi connectivity index (χ3v) is 2.88. The Morgan fingerprint density at radius 3 is 2.69 bits per heavy atom. The highest BCUT2D eigenvalue weighted by atomic mass is 17.0. The predicted molar refractivity (Wildman–Crippen MR) is 85.1 cm³/mol. The van der Waals surface area contributed by atoms with E-state index in [0.717, 1.165) is 0 Å². The van der Waals surface area contributed by atoms with Crippen LogP contribution in [0.5, 0.6) is 6.01 Å². The number of rotatable bonds is 7. The van der Waals surface area contributed by atoms with Crippen molar-refractivity contribution in [2.24, 2.45) is 10.9 Å². The molecular formula is C12H13N7O7. The SMILES string of the molecule is COc1nc(C)cn1-c1cccc(N(O[N+](=O)[O-])/C(N)=N/O[N+](=O)[O-])c1. The molecule has 0 aliphatic heterocycles. The lowest BCUT2D eigenvalue weighted by atomic mass is 10.2. The number of hydrogen-bond donors (Lipinski definition) is 1. The molecular weight excluding hydrogens is 354 g/mol. The molecule has 14 heteroatoms. The average molecular weight is 367 g/mol. The van der Waals surface area contributed by atoms with Gasteiger partial charge in [-0.1, -0.05) is 6.07 Å². The fourth-order valence-electron chi connectivity index (χ4n) is 1.97. The summed E-state index contributed by atoms with van der Waals surface area (Å²) in [5, 5.41) is 21.9. The van der Waals surface area contributed by atoms with Gasteiger partial charge in [0.1, 0.15) is 5.16 Å². The molecule has 2 N–H and O–H groups in total. The van der Waals surface area contributed by atoms with Crippen LogP contribution in [-0.2, 0) is 9.88 Å². The average Bonchev–Trinajstić information content (AvgIpc) is 2.98. The number of guanidine groups is 1. The minimum Gasteiger partial charge on any atom is -0.468 e. The lowest BCUT2D eigenvalue weighted by Crippen LogP contribution is -2.39. The normalized spacial score (nSPS) is 10.9. The molecule has 0 saturated heterocycles. The zero-order chi connectivity index (χ0) is 19.3. The minimum atomic E-state index is -1.24. The van der Waals surface area contributed by atoms with E-state index in [1.807, 2.05) is 0 Å². The van der Waals surface area contributed by atoms with E-state index >= 15 is 0 Å². The number of nitrogens with zero attached hydrogens (tertiary/aromatic N) is 6. The van der Waals surface area contributed by atoms with Gasteiger partial charge in [-0.3, -0.25) is 4.57 Å². The van der Waals surface area contributed by atoms with Crippen molar-refractivity contribution in [2.45, 2.75) is 6.92 Å². The maximum atomic E-state index is 10.7. The largest absolute Gasteiger partial charge is 0.468 e. The summed E-state index contributed by atoms with van der Waals surface area (Å²) in [6.45, 7) is 1.75. The molecule has 0 aliphatic rings. The molecule has 0 unspecified atom stereocenters. The van der Waals surface area contributed by atoms with Gasteiger partial charge in [0.05, 0.1) is 24.2 Å². The van der Waals surface area contributed by atoms with Crippen molar-refractivity contribution in [1.82, 2.24) is 9.55 Å². The van der Waals surface area contributed by atoms with Crippen molar-refractivity contribution < 1.29 is 24.8 Å². The molecule has 1 heterocycles. The van der Waals surface area contributed by atoms with E-state index in [-0.39, 0.29) is 11.7 Å². The summed E-state index contributed by atoms with van der Waals surface area (Å²) < 4.78 is 6.73. The van der Waals surface area contributed by atoms with Crippen molar-refractivity contribution in [2.75, 3.05) is 12.2 Å². The van der Waals surface area contributed by atoms with Crippen LogP contribution in [-0.4, -0.2) is 32.8 Å². The number of nitrogens with two attached hydrogens (primary N) is 1. The first-order valence-corrected chi connectivity index (χ1v) is 6.80. The van der Waals surface area contributed by atoms with Gasteiger partial charge in [0, 0.05) is 6.20 Å². The van der Waals surface area contributed by atoms with Crippen LogP contribution in [0.15, 0.2) is 35.6 Å². The third kappa shape index (κ3) is 4.25. The number of hydrogen-bond acceptors (Lipinski definition) is 9. The molecule has 14 nitrogen and oxygen atoms in total. The van der Waals surface area contributed by atoms with Crippen LogP contribution in [0.2, 0.25) is 0 Å². The zero-order valence-electron chi connectivity index (χ0n) is 13.5. The van der Waals surface area contributed by atoms with Gasteiger partial charge in [-0.2, -0.15) is 9.88 Å². The van der Waals surface area contributed by atoms with Crippen LogP contribution in [0.3, 0.4) is 0 Å². The first-order valence-electron chi connectivity index (χ1n) is 6.80. The summed E-state index contributed by atoms with van der Waals surface area (Å²) in [6, 6.07) is 6.31. The van der Waals surface area contributed by atoms with E-state index in [1.54, 1.807) is 23.8 Å². The Hall–Kier alpha value is -4.10. The molecule has 1 aromatic heterocycles. The van der Waals surface area contributed by atoms with Crippen molar-refractivity contribution in [1.29, 1.82) is 0 Å². The number of aromatic nitrogens is 2. The smallest absolute Gasteiger partial charge is 0.372 e. The number of methoxy groups -OCH3 is 1. The molecule has 0 fully saturated rings. The Labute approximate surface area is 145 Å². The maximum Gasteiger partial charge on any atom is 0.372 e. The molecule has 138 valence electrons. The van der Waals surface area contributed by atoms with Crippen LogP contribution in [0.25, 0.3) is 5.69 Å². The van der Waals surface area contributed by atoms with Crippen molar-refractivity contribution in [3.63, 3.8) is 0 Å². The van der Waals surface area contributed by atoms with E-state index in [4.69, 9.17) is 10.5 Å². The second kappa shape index (κ2) is 7.65. The van der Waals surface area contributed by atoms with Crippen LogP contribution < -0.4 is 15.5 Å². The van der Waals surface area contributed by atoms with Gasteiger partial charge < -0.3 is 10.5 Å². The molecule has 2 rings (SSSR count). The van der Waals surface area contributed by atoms with Crippen LogP contribution >= 0.6 is 0 Å². The highest BCUT2D eigenvalue weighted by Crippen LogP contribution is 2.23. The fourth-order valence-corrected chi connectivity index (χ4v) is 1.97. The van der Waals surface area contributed by atoms with E-state index < -0.39 is 16.1 Å². The summed E-state index contributed by atoms with van der Waals surface area (Å²) in [7, 11) is 1.43. The van der Waals surface area contributed by atoms with Gasteiger partial charge in [-0.05, 0) is 25.1 Å². The fraction of sp³-hybridized carbons (Fsp3) is 0.167. The second-order valence-corrected chi connectivity index (χ2v) is 4.61. The minimum absolute atomic E-state index is 0.0424. The zero-order valence-corrected chi connectivity index (χ0v) is 13.5. The standard InChI is InChI=1S/C12H13N7O7/c1-8-7-16(12(14-8)24-2)9-4-3-5-10(6-9)17(26-19(22)23)11(13)15-25-18(20)21/h3-7H,1-2H3,(H2,13,15). The summed E-state index contributed by atoms with van der Waals surface area (Å²) in [5.41, 5.74) is 6.68. The van der Waals surface area contributed by atoms with E-state index in [2.05, 4.69) is 20.0 Å². The van der Waals surface area contributed by atoms with E-state index in [0.29, 0.717) is 16.4 Å². The summed E-state index contributed by atoms with van der Waals surface area (Å²) in [6.07, 6.45) is 1.67. The summed E-state index contributed by atoms with van der Waals surface area (Å²) in [4.78, 5) is 33.1. The van der Waals surface area contributed by atoms with Crippen molar-refractivity contribution >= 4 is 11.6 Å². The molecule has 0 saturated carbocycles. The van der Waals surface area contributed by atoms with Crippen molar-refractivity contribution in [3.05, 3.63) is 56.4 Å². The monoisotopic (exact) mass is 367 g/mol. The van der Waals surface area contributed by atoms with Gasteiger partial charge in [0.15, 0.2) is 5.09 Å². The van der Waals surface area contributed by atoms with Crippen LogP contribution in [0.4, 0.5) is 5.69 Å². The highest BCUT2D eigenvalue weighted by molar-refractivity contribution is 5.92. The first kappa shape index (κ1) is 18.2. The highest BCUT2D eigenvalue weighted by Gasteiger charge is 2.21. The van der Waals surface area contributed by atoms with Gasteiger partial charge in [-0.15, -0.1) is 15.2 Å². The van der Waals surface area contributed by atoms with E-state index in [1.165, 1.54) is 25.3 Å². The van der Waals surface area contributed by atoms with Crippen LogP contribution in [0, 0.1) is 27.2 Å². The van der Waals surface area contributed by atoms with Gasteiger partial charge in [-0.25, -0.2) is 15.1 Å². The number of anilines is 1. The molecule has 0 radical (unpaired) electrons. The Morgan fingerprint density at radius 2 is 2.08 bits per heavy atom. The van der Waals surface area contributed by atoms with Gasteiger partial charge >= 0.3 is 17.1 Å². The first-order chi connectivity index (χ1) is 12.3. The Morgan fingerprint density at radius 1 is 1.35 bits per heavy atom. The number of ether oxygens (including phenoxy) is 1. The molecule has 0 aliphatic carbocycles. The lowest BCUT2D eigenvalue weighted by molar-refractivity contribution is -0.762. The number of benzene rings is 1. The third-order valence-electron chi connectivity index (χ3n) is 2.88. The Balaban J connectivity index is 2.44. The van der Waals surface area contributed by atoms with Gasteiger partial charge in [0.2, 0.25) is 0 Å². The molecule has 26 heavy (non-hydrogen) atoms. The number of oxime groups is 1. The molecule has 0 bridgehead atoms. The molecule has 0 spiro atoms. The topological polar surface area (TPSA) is 173 Å². The number of aryl methyl sites for hydroxylation is 1. The maximum absolute atomic E-state index is 10.7. The molecule has 2 aromatic rings. The predicted octanol–water partition coefficient (Wildman–Crippen LogP) is 0.557. The molecule has 1 aromatic carbocycles. The number of imidazole rings is 1. The molecule has 0 amide bonds. The Kier molecular flexibility index (Phi) is 5.36. The Bertz CT molecular complexity index is 850. The van der Waals surface area contributed by atoms with E-state index in [9.17, 15) is 20.2 Å². The van der Waals surface area contributed by atoms with Crippen LogP contribution in [0.1, 0.15) is 5.69 Å².